The van der Waals surface area contributed by atoms with Crippen LogP contribution < -0.4 is 9.47 Å². The predicted molar refractivity (Wildman–Crippen MR) is 335 cm³/mol. The number of rotatable bonds is 31. The number of ketones is 1. The number of Topliss-reactive ketones (excluding diaryl/α,β-unsaturated/α-hetero) is 1. The standard InChI is InChI=1S/C68H94O6.CH3.2ClH.Ru/c1-19-62(69)45-66(71)74-67-58(16)59(17)68(73-65(70)43-40-61-39-42-64(57(15)44-61)72-47(4)5)63(60(67)18)41-38-56(14)37-36-55(13)35-34-54(12)33-32-53(11)31-30-52(10)29-28-51(9)27-26-50(8)25-24-49(7)23-22-48(6)21-20-46(2)3;;;;/h15,20,22,24,26,28,30,32,34,36,38-39,42,44,47H,19,21,23,25,27,29,31,33,35,37,40-41,43,45H2,1-14,16-18H3;1H3;2*1H;/q;-1;;;+2/p-1/b48-22+,49-24+,50-26+,51-28+,52-30+,53-32+,54-34+,55-36+,56-38+;;;;. The van der Waals surface area contributed by atoms with Crippen molar-refractivity contribution in [3.8, 4) is 17.2 Å². The van der Waals surface area contributed by atoms with Gasteiger partial charge in [-0.25, -0.2) is 0 Å². The van der Waals surface area contributed by atoms with Crippen molar-refractivity contribution in [3.63, 3.8) is 0 Å². The molecule has 0 aliphatic carbocycles. The summed E-state index contributed by atoms with van der Waals surface area (Å²) in [5, 5.41) is 0. The predicted octanol–water partition coefficient (Wildman–Crippen LogP) is 20.1. The number of hydrogen-bond donors (Lipinski definition) is 0. The molecule has 0 radical (unpaired) electrons. The average molecular weight is 1200 g/mol. The van der Waals surface area contributed by atoms with Crippen LogP contribution in [0.2, 0.25) is 0 Å². The minimum Gasteiger partial charge on any atom is -0.358 e. The molecule has 0 aliphatic rings. The van der Waals surface area contributed by atoms with E-state index < -0.39 is 19.5 Å². The molecule has 0 spiro atoms. The molecule has 0 heterocycles. The molecule has 78 heavy (non-hydrogen) atoms. The molecule has 0 aromatic heterocycles. The van der Waals surface area contributed by atoms with E-state index in [0.717, 1.165) is 85.8 Å². The molecule has 2 aromatic carbocycles. The number of esters is 2. The van der Waals surface area contributed by atoms with Crippen LogP contribution in [0.3, 0.4) is 0 Å². The van der Waals surface area contributed by atoms with Crippen molar-refractivity contribution in [1.82, 2.24) is 0 Å². The molecule has 0 bridgehead atoms. The third kappa shape index (κ3) is 29.5. The van der Waals surface area contributed by atoms with Gasteiger partial charge in [0.25, 0.3) is 0 Å². The minimum absolute atomic E-state index is 0. The van der Waals surface area contributed by atoms with Gasteiger partial charge in [-0.1, -0.05) is 117 Å². The van der Waals surface area contributed by atoms with Gasteiger partial charge < -0.3 is 12.2 Å². The Balaban J connectivity index is 0.0000304. The monoisotopic (exact) mass is 1190 g/mol. The maximum absolute atomic E-state index is 13.6. The topological polar surface area (TPSA) is 82.5 Å². The smallest absolute Gasteiger partial charge is 0.358 e. The second-order valence-electron chi connectivity index (χ2n) is 21.7. The molecule has 0 saturated carbocycles. The van der Waals surface area contributed by atoms with Gasteiger partial charge in [0, 0.05) is 6.42 Å². The van der Waals surface area contributed by atoms with E-state index in [4.69, 9.17) is 33.6 Å². The average Bonchev–Trinajstić information content (AvgIpc) is 3.37. The Morgan fingerprint density at radius 1 is 0.551 bits per heavy atom. The van der Waals surface area contributed by atoms with Gasteiger partial charge in [-0.05, 0) is 134 Å². The normalized spacial score (nSPS) is 13.6. The first-order valence-corrected chi connectivity index (χ1v) is 33.0. The SMILES string of the molecule is CCC(=O)CC(=O)Oc1c(C)c(C)c(OC(=O)CCc2ccc([OH+]C(C)C)c([CH]=[Ru]([Cl])[Cl])c2)c(C/C=C(\C)C/C=C(\C)C/C=C(\C)C/C=C(\C)C/C=C(\C)C/C=C(\C)C/C=C(\C)C/C=C(\C)C/C=C(\C)CC=C(C)C)c1C.[CH3-]. The van der Waals surface area contributed by atoms with Crippen molar-refractivity contribution in [2.24, 2.45) is 0 Å². The Labute approximate surface area is 487 Å². The molecule has 9 heteroatoms. The number of carbonyl (C=O) groups excluding carboxylic acids is 3. The van der Waals surface area contributed by atoms with Crippen molar-refractivity contribution < 1.29 is 42.1 Å². The number of halogens is 2. The number of hydrogen-bond acceptors (Lipinski definition) is 5. The van der Waals surface area contributed by atoms with Crippen LogP contribution in [0, 0.1) is 28.2 Å². The van der Waals surface area contributed by atoms with Crippen LogP contribution >= 0.6 is 19.4 Å². The van der Waals surface area contributed by atoms with Crippen molar-refractivity contribution in [2.75, 3.05) is 0 Å². The first kappa shape index (κ1) is 71.3. The quantitative estimate of drug-likeness (QED) is 0.0143. The Morgan fingerprint density at radius 2 is 0.936 bits per heavy atom. The number of allylic oxidation sites excluding steroid dienone is 20. The van der Waals surface area contributed by atoms with E-state index in [-0.39, 0.29) is 44.5 Å². The molecular formula is C69H98Cl2O6Ru. The molecule has 1 N–H and O–H groups in total. The fourth-order valence-corrected chi connectivity index (χ4v) is 9.73. The summed E-state index contributed by atoms with van der Waals surface area (Å²) >= 11 is -2.12. The van der Waals surface area contributed by atoms with Crippen LogP contribution in [0.15, 0.2) is 135 Å². The molecule has 0 fully saturated rings. The first-order valence-electron chi connectivity index (χ1n) is 27.5. The van der Waals surface area contributed by atoms with Crippen molar-refractivity contribution in [3.05, 3.63) is 175 Å². The summed E-state index contributed by atoms with van der Waals surface area (Å²) in [6.07, 6.45) is 32.9. The van der Waals surface area contributed by atoms with Crippen molar-refractivity contribution in [2.45, 2.75) is 214 Å². The third-order valence-corrected chi connectivity index (χ3v) is 15.3. The second kappa shape index (κ2) is 38.1. The van der Waals surface area contributed by atoms with E-state index >= 15 is 0 Å². The zero-order valence-electron chi connectivity index (χ0n) is 51.2. The van der Waals surface area contributed by atoms with Crippen LogP contribution in [0.5, 0.6) is 17.2 Å². The summed E-state index contributed by atoms with van der Waals surface area (Å²) in [5.41, 5.74) is 18.3. The summed E-state index contributed by atoms with van der Waals surface area (Å²) in [6.45, 7) is 35.5. The second-order valence-corrected chi connectivity index (χ2v) is 27.5. The van der Waals surface area contributed by atoms with E-state index in [1.54, 1.807) is 6.92 Å². The zero-order valence-corrected chi connectivity index (χ0v) is 54.4. The van der Waals surface area contributed by atoms with Gasteiger partial charge in [0.15, 0.2) is 0 Å². The molecular weight excluding hydrogens is 1100 g/mol. The number of aliphatic hydroxyl groups is 1. The Bertz CT molecular complexity index is 2700. The molecule has 2 rings (SSSR count). The van der Waals surface area contributed by atoms with Crippen LogP contribution in [0.4, 0.5) is 0 Å². The molecule has 0 atom stereocenters. The first-order chi connectivity index (χ1) is 36.3. The summed E-state index contributed by atoms with van der Waals surface area (Å²) in [6, 6.07) is 5.92. The molecule has 6 nitrogen and oxygen atoms in total. The van der Waals surface area contributed by atoms with E-state index in [1.807, 2.05) is 57.4 Å². The van der Waals surface area contributed by atoms with Crippen LogP contribution in [-0.4, -0.2) is 33.2 Å². The van der Waals surface area contributed by atoms with Gasteiger partial charge in [-0.2, -0.15) is 0 Å². The van der Waals surface area contributed by atoms with E-state index in [2.05, 4.69) is 137 Å². The number of benzene rings is 2. The van der Waals surface area contributed by atoms with Crippen LogP contribution in [0.25, 0.3) is 0 Å². The summed E-state index contributed by atoms with van der Waals surface area (Å²) in [5.74, 6) is 0.523. The number of aryl methyl sites for hydroxylation is 1. The van der Waals surface area contributed by atoms with Crippen LogP contribution in [-0.2, 0) is 40.7 Å². The van der Waals surface area contributed by atoms with Gasteiger partial charge >= 0.3 is 199 Å². The summed E-state index contributed by atoms with van der Waals surface area (Å²) in [4.78, 5) is 38.7. The van der Waals surface area contributed by atoms with Gasteiger partial charge in [0.2, 0.25) is 0 Å². The third-order valence-electron chi connectivity index (χ3n) is 13.4. The maximum atomic E-state index is 13.6. The van der Waals surface area contributed by atoms with Gasteiger partial charge in [0.05, 0.1) is 0 Å². The number of aromatic hydroxyl groups is 1. The fourth-order valence-electron chi connectivity index (χ4n) is 7.93. The summed E-state index contributed by atoms with van der Waals surface area (Å²) in [7, 11) is 12.5. The van der Waals surface area contributed by atoms with E-state index in [1.165, 1.54) is 50.2 Å². The summed E-state index contributed by atoms with van der Waals surface area (Å²) < 4.78 is 18.7. The van der Waals surface area contributed by atoms with Crippen LogP contribution in [0.1, 0.15) is 207 Å². The zero-order chi connectivity index (χ0) is 57.8. The number of ether oxygens (including phenoxy) is 3. The molecule has 0 saturated heterocycles. The molecule has 2 aromatic rings. The van der Waals surface area contributed by atoms with Gasteiger partial charge in [-0.3, -0.25) is 9.59 Å². The Kier molecular flexibility index (Phi) is 34.8. The minimum atomic E-state index is -2.12. The van der Waals surface area contributed by atoms with Gasteiger partial charge in [0.1, 0.15) is 12.2 Å². The van der Waals surface area contributed by atoms with Crippen molar-refractivity contribution >= 4 is 41.7 Å². The molecule has 0 aliphatic heterocycles. The molecule has 0 unspecified atom stereocenters. The van der Waals surface area contributed by atoms with E-state index in [0.29, 0.717) is 41.0 Å². The fraction of sp³-hybridized carbons (Fsp3) is 0.464. The van der Waals surface area contributed by atoms with Gasteiger partial charge in [-0.15, -0.1) is 0 Å². The number of carbonyl (C=O) groups is 3. The molecule has 432 valence electrons. The molecule has 0 amide bonds. The Morgan fingerprint density at radius 3 is 1.32 bits per heavy atom. The van der Waals surface area contributed by atoms with E-state index in [9.17, 15) is 14.4 Å². The Hall–Kier alpha value is -4.68. The van der Waals surface area contributed by atoms with Crippen molar-refractivity contribution in [1.29, 1.82) is 0 Å².